The number of thiophene rings is 1. The number of aromatic nitrogens is 2. The van der Waals surface area contributed by atoms with Crippen LogP contribution < -0.4 is 10.5 Å². The number of methoxy groups -OCH3 is 1. The SMILES string of the molecule is COc1ccc(-c2nn(C)c(N)c2-c2cccs2)cc1F. The molecule has 2 aromatic heterocycles. The molecule has 1 aromatic carbocycles. The molecule has 108 valence electrons. The third-order valence-electron chi connectivity index (χ3n) is 3.28. The molecule has 0 radical (unpaired) electrons. The fourth-order valence-corrected chi connectivity index (χ4v) is 3.00. The lowest BCUT2D eigenvalue weighted by atomic mass is 10.1. The van der Waals surface area contributed by atoms with Crippen molar-refractivity contribution in [1.29, 1.82) is 0 Å². The number of hydrogen-bond acceptors (Lipinski definition) is 4. The van der Waals surface area contributed by atoms with Crippen molar-refractivity contribution in [3.63, 3.8) is 0 Å². The lowest BCUT2D eigenvalue weighted by molar-refractivity contribution is 0.386. The number of rotatable bonds is 3. The first-order valence-electron chi connectivity index (χ1n) is 6.32. The van der Waals surface area contributed by atoms with Crippen molar-refractivity contribution < 1.29 is 9.13 Å². The Bertz CT molecular complexity index is 781. The molecule has 0 saturated carbocycles. The van der Waals surface area contributed by atoms with Gasteiger partial charge >= 0.3 is 0 Å². The Kier molecular flexibility index (Phi) is 3.39. The molecule has 0 aliphatic carbocycles. The van der Waals surface area contributed by atoms with Gasteiger partial charge in [-0.05, 0) is 29.6 Å². The summed E-state index contributed by atoms with van der Waals surface area (Å²) in [6, 6.07) is 8.71. The van der Waals surface area contributed by atoms with Crippen LogP contribution in [0.5, 0.6) is 5.75 Å². The van der Waals surface area contributed by atoms with E-state index in [4.69, 9.17) is 10.5 Å². The molecule has 3 aromatic rings. The second kappa shape index (κ2) is 5.21. The van der Waals surface area contributed by atoms with Crippen LogP contribution in [0.15, 0.2) is 35.7 Å². The first kappa shape index (κ1) is 13.6. The molecule has 0 atom stereocenters. The third kappa shape index (κ3) is 2.27. The number of nitrogens with two attached hydrogens (primary N) is 1. The Morgan fingerprint density at radius 2 is 2.14 bits per heavy atom. The van der Waals surface area contributed by atoms with E-state index in [0.717, 1.165) is 10.4 Å². The van der Waals surface area contributed by atoms with Gasteiger partial charge in [0.05, 0.1) is 12.7 Å². The summed E-state index contributed by atoms with van der Waals surface area (Å²) in [5.41, 5.74) is 8.28. The van der Waals surface area contributed by atoms with E-state index in [1.165, 1.54) is 13.2 Å². The number of nitrogen functional groups attached to an aromatic ring is 1. The zero-order valence-corrected chi connectivity index (χ0v) is 12.4. The number of nitrogens with zero attached hydrogens (tertiary/aromatic N) is 2. The normalized spacial score (nSPS) is 10.8. The fourth-order valence-electron chi connectivity index (χ4n) is 2.22. The van der Waals surface area contributed by atoms with E-state index in [-0.39, 0.29) is 5.75 Å². The first-order valence-corrected chi connectivity index (χ1v) is 7.20. The van der Waals surface area contributed by atoms with Gasteiger partial charge in [-0.3, -0.25) is 4.68 Å². The molecule has 0 aliphatic rings. The number of ether oxygens (including phenoxy) is 1. The molecule has 0 saturated heterocycles. The van der Waals surface area contributed by atoms with Crippen molar-refractivity contribution in [2.45, 2.75) is 0 Å². The minimum absolute atomic E-state index is 0.209. The third-order valence-corrected chi connectivity index (χ3v) is 4.17. The van der Waals surface area contributed by atoms with E-state index in [1.807, 2.05) is 17.5 Å². The molecule has 3 rings (SSSR count). The van der Waals surface area contributed by atoms with Gasteiger partial charge in [-0.2, -0.15) is 5.10 Å². The summed E-state index contributed by atoms with van der Waals surface area (Å²) < 4.78 is 20.5. The van der Waals surface area contributed by atoms with Gasteiger partial charge < -0.3 is 10.5 Å². The van der Waals surface area contributed by atoms with E-state index in [9.17, 15) is 4.39 Å². The van der Waals surface area contributed by atoms with Gasteiger partial charge in [-0.25, -0.2) is 4.39 Å². The van der Waals surface area contributed by atoms with E-state index in [1.54, 1.807) is 35.2 Å². The molecular weight excluding hydrogens is 289 g/mol. The van der Waals surface area contributed by atoms with Crippen molar-refractivity contribution >= 4 is 17.2 Å². The number of anilines is 1. The van der Waals surface area contributed by atoms with Gasteiger partial charge in [0.15, 0.2) is 11.6 Å². The molecule has 0 fully saturated rings. The summed E-state index contributed by atoms with van der Waals surface area (Å²) in [7, 11) is 3.21. The maximum Gasteiger partial charge on any atom is 0.165 e. The lowest BCUT2D eigenvalue weighted by Gasteiger charge is -2.05. The summed E-state index contributed by atoms with van der Waals surface area (Å²) in [5.74, 6) is 0.348. The van der Waals surface area contributed by atoms with Crippen molar-refractivity contribution in [3.8, 4) is 27.4 Å². The van der Waals surface area contributed by atoms with Crippen LogP contribution in [0.1, 0.15) is 0 Å². The monoisotopic (exact) mass is 303 g/mol. The number of aryl methyl sites for hydroxylation is 1. The first-order chi connectivity index (χ1) is 10.1. The van der Waals surface area contributed by atoms with E-state index >= 15 is 0 Å². The molecular formula is C15H14FN3OS. The maximum absolute atomic E-state index is 13.9. The van der Waals surface area contributed by atoms with Crippen molar-refractivity contribution in [2.24, 2.45) is 7.05 Å². The van der Waals surface area contributed by atoms with Crippen LogP contribution in [-0.2, 0) is 7.05 Å². The Labute approximate surface area is 125 Å². The number of halogens is 1. The quantitative estimate of drug-likeness (QED) is 0.805. The summed E-state index contributed by atoms with van der Waals surface area (Å²) in [6.45, 7) is 0. The zero-order valence-electron chi connectivity index (χ0n) is 11.6. The average Bonchev–Trinajstić information content (AvgIpc) is 3.08. The Morgan fingerprint density at radius 1 is 1.33 bits per heavy atom. The number of hydrogen-bond donors (Lipinski definition) is 1. The summed E-state index contributed by atoms with van der Waals surface area (Å²) >= 11 is 1.57. The van der Waals surface area contributed by atoms with Crippen LogP contribution in [-0.4, -0.2) is 16.9 Å². The predicted molar refractivity (Wildman–Crippen MR) is 82.9 cm³/mol. The fraction of sp³-hybridized carbons (Fsp3) is 0.133. The van der Waals surface area contributed by atoms with Crippen LogP contribution >= 0.6 is 11.3 Å². The average molecular weight is 303 g/mol. The van der Waals surface area contributed by atoms with Crippen molar-refractivity contribution in [2.75, 3.05) is 12.8 Å². The van der Waals surface area contributed by atoms with Crippen LogP contribution in [0.2, 0.25) is 0 Å². The second-order valence-corrected chi connectivity index (χ2v) is 5.51. The zero-order chi connectivity index (χ0) is 15.0. The summed E-state index contributed by atoms with van der Waals surface area (Å²) in [5, 5.41) is 6.40. The van der Waals surface area contributed by atoms with Crippen molar-refractivity contribution in [3.05, 3.63) is 41.5 Å². The van der Waals surface area contributed by atoms with Crippen LogP contribution in [0.3, 0.4) is 0 Å². The van der Waals surface area contributed by atoms with Gasteiger partial charge in [0.1, 0.15) is 11.5 Å². The van der Waals surface area contributed by atoms with E-state index in [2.05, 4.69) is 5.10 Å². The van der Waals surface area contributed by atoms with Crippen LogP contribution in [0.25, 0.3) is 21.7 Å². The molecule has 2 heterocycles. The van der Waals surface area contributed by atoms with Gasteiger partial charge in [0.2, 0.25) is 0 Å². The topological polar surface area (TPSA) is 53.1 Å². The smallest absolute Gasteiger partial charge is 0.165 e. The molecule has 0 bridgehead atoms. The lowest BCUT2D eigenvalue weighted by Crippen LogP contribution is -1.97. The molecule has 4 nitrogen and oxygen atoms in total. The Morgan fingerprint density at radius 3 is 2.76 bits per heavy atom. The van der Waals surface area contributed by atoms with Crippen LogP contribution in [0.4, 0.5) is 10.2 Å². The number of benzene rings is 1. The molecule has 21 heavy (non-hydrogen) atoms. The van der Waals surface area contributed by atoms with Crippen LogP contribution in [0, 0.1) is 5.82 Å². The molecule has 6 heteroatoms. The predicted octanol–water partition coefficient (Wildman–Crippen LogP) is 3.55. The standard InChI is InChI=1S/C15H14FN3OS/c1-19-15(17)13(12-4-3-7-21-12)14(18-19)9-5-6-11(20-2)10(16)8-9/h3-8H,17H2,1-2H3. The molecule has 0 aliphatic heterocycles. The van der Waals surface area contributed by atoms with Gasteiger partial charge in [-0.1, -0.05) is 6.07 Å². The Hall–Kier alpha value is -2.34. The van der Waals surface area contributed by atoms with Gasteiger partial charge in [0, 0.05) is 17.5 Å². The summed E-state index contributed by atoms with van der Waals surface area (Å²) in [6.07, 6.45) is 0. The van der Waals surface area contributed by atoms with Crippen molar-refractivity contribution in [1.82, 2.24) is 9.78 Å². The van der Waals surface area contributed by atoms with E-state index < -0.39 is 5.82 Å². The molecule has 0 unspecified atom stereocenters. The van der Waals surface area contributed by atoms with Gasteiger partial charge in [-0.15, -0.1) is 11.3 Å². The highest BCUT2D eigenvalue weighted by Gasteiger charge is 2.19. The van der Waals surface area contributed by atoms with E-state index in [0.29, 0.717) is 17.1 Å². The summed E-state index contributed by atoms with van der Waals surface area (Å²) in [4.78, 5) is 1.01. The largest absolute Gasteiger partial charge is 0.494 e. The molecule has 0 spiro atoms. The second-order valence-electron chi connectivity index (χ2n) is 4.56. The molecule has 0 amide bonds. The maximum atomic E-state index is 13.9. The highest BCUT2D eigenvalue weighted by molar-refractivity contribution is 7.13. The Balaban J connectivity index is 2.19. The minimum Gasteiger partial charge on any atom is -0.494 e. The highest BCUT2D eigenvalue weighted by Crippen LogP contribution is 2.38. The van der Waals surface area contributed by atoms with Gasteiger partial charge in [0.25, 0.3) is 0 Å². The minimum atomic E-state index is -0.420. The highest BCUT2D eigenvalue weighted by atomic mass is 32.1. The molecule has 2 N–H and O–H groups in total.